The van der Waals surface area contributed by atoms with Crippen LogP contribution in [0.4, 0.5) is 4.39 Å². The van der Waals surface area contributed by atoms with Crippen molar-refractivity contribution in [2.75, 3.05) is 0 Å². The molecule has 1 aromatic carbocycles. The van der Waals surface area contributed by atoms with Crippen molar-refractivity contribution in [3.63, 3.8) is 0 Å². The highest BCUT2D eigenvalue weighted by atomic mass is 19.1. The topological polar surface area (TPSA) is 39.2 Å². The third-order valence-electron chi connectivity index (χ3n) is 4.06. The van der Waals surface area contributed by atoms with Gasteiger partial charge in [0.25, 0.3) is 0 Å². The van der Waals surface area contributed by atoms with Crippen LogP contribution in [0, 0.1) is 5.82 Å². The van der Waals surface area contributed by atoms with E-state index in [1.807, 2.05) is 20.8 Å². The lowest BCUT2D eigenvalue weighted by atomic mass is 9.95. The molecule has 3 rings (SSSR count). The summed E-state index contributed by atoms with van der Waals surface area (Å²) in [6.07, 6.45) is 6.60. The van der Waals surface area contributed by atoms with Gasteiger partial charge < -0.3 is 4.74 Å². The number of hydrogen-bond acceptors (Lipinski definition) is 3. The Hall–Kier alpha value is -2.49. The maximum absolute atomic E-state index is 14.4. The van der Waals surface area contributed by atoms with Crippen molar-refractivity contribution in [2.45, 2.75) is 45.6 Å². The number of benzene rings is 1. The Morgan fingerprint density at radius 2 is 1.92 bits per heavy atom. The molecule has 0 spiro atoms. The van der Waals surface area contributed by atoms with E-state index in [1.165, 1.54) is 6.07 Å². The fraction of sp³-hybridized carbons (Fsp3) is 0.333. The number of esters is 1. The van der Waals surface area contributed by atoms with Gasteiger partial charge in [0, 0.05) is 17.3 Å². The average molecular weight is 339 g/mol. The zero-order valence-electron chi connectivity index (χ0n) is 14.8. The number of carbonyl (C=O) groups is 1. The molecule has 1 aliphatic carbocycles. The predicted molar refractivity (Wildman–Crippen MR) is 96.6 cm³/mol. The lowest BCUT2D eigenvalue weighted by Gasteiger charge is -2.22. The molecule has 130 valence electrons. The van der Waals surface area contributed by atoms with E-state index in [4.69, 9.17) is 4.74 Å². The molecule has 0 atom stereocenters. The molecular weight excluding hydrogens is 317 g/mol. The Kier molecular flexibility index (Phi) is 4.71. The molecule has 1 aromatic heterocycles. The summed E-state index contributed by atoms with van der Waals surface area (Å²) in [5.41, 5.74) is 2.23. The number of hydrogen-bond donors (Lipinski definition) is 0. The van der Waals surface area contributed by atoms with Gasteiger partial charge in [-0.25, -0.2) is 9.18 Å². The summed E-state index contributed by atoms with van der Waals surface area (Å²) in [6.45, 7) is 5.45. The van der Waals surface area contributed by atoms with Crippen LogP contribution in [0.5, 0.6) is 0 Å². The van der Waals surface area contributed by atoms with Crippen molar-refractivity contribution < 1.29 is 13.9 Å². The monoisotopic (exact) mass is 339 g/mol. The predicted octanol–water partition coefficient (Wildman–Crippen LogP) is 5.41. The molecular formula is C21H22FNO2. The second-order valence-electron chi connectivity index (χ2n) is 7.19. The lowest BCUT2D eigenvalue weighted by Crippen LogP contribution is -2.25. The van der Waals surface area contributed by atoms with Crippen molar-refractivity contribution in [3.8, 4) is 11.1 Å². The van der Waals surface area contributed by atoms with E-state index < -0.39 is 11.6 Å². The van der Waals surface area contributed by atoms with Gasteiger partial charge in [0.15, 0.2) is 0 Å². The zero-order valence-corrected chi connectivity index (χ0v) is 14.8. The summed E-state index contributed by atoms with van der Waals surface area (Å²) in [5, 5.41) is 0. The number of nitrogens with zero attached hydrogens (tertiary/aromatic N) is 1. The van der Waals surface area contributed by atoms with Crippen LogP contribution in [0.2, 0.25) is 0 Å². The Bertz CT molecular complexity index is 834. The zero-order chi connectivity index (χ0) is 18.0. The highest BCUT2D eigenvalue weighted by Gasteiger charge is 2.27. The van der Waals surface area contributed by atoms with Crippen LogP contribution < -0.4 is 0 Å². The third kappa shape index (κ3) is 3.78. The Labute approximate surface area is 147 Å². The van der Waals surface area contributed by atoms with Gasteiger partial charge in [-0.3, -0.25) is 4.98 Å². The maximum Gasteiger partial charge on any atom is 0.341 e. The number of carbonyl (C=O) groups excluding carboxylic acids is 1. The van der Waals surface area contributed by atoms with E-state index >= 15 is 0 Å². The van der Waals surface area contributed by atoms with Gasteiger partial charge in [0.2, 0.25) is 0 Å². The van der Waals surface area contributed by atoms with Crippen molar-refractivity contribution >= 4 is 11.5 Å². The minimum absolute atomic E-state index is 0.343. The van der Waals surface area contributed by atoms with Crippen LogP contribution in [0.15, 0.2) is 42.6 Å². The van der Waals surface area contributed by atoms with Crippen LogP contribution in [0.3, 0.4) is 0 Å². The van der Waals surface area contributed by atoms with Crippen LogP contribution in [-0.4, -0.2) is 16.6 Å². The highest BCUT2D eigenvalue weighted by molar-refractivity contribution is 6.01. The summed E-state index contributed by atoms with van der Waals surface area (Å²) in [5.74, 6) is -0.841. The first kappa shape index (κ1) is 17.3. The standard InChI is InChI=1S/C21H22FNO2/c1-21(2,3)25-20(24)18-16(15-10-6-7-11-17(15)22)12-13-23-19(18)14-8-4-5-9-14/h6-8,10-13H,4-5,9H2,1-3H3. The third-order valence-corrected chi connectivity index (χ3v) is 4.06. The second kappa shape index (κ2) is 6.79. The van der Waals surface area contributed by atoms with Gasteiger partial charge in [-0.1, -0.05) is 24.3 Å². The van der Waals surface area contributed by atoms with Crippen molar-refractivity contribution in [1.29, 1.82) is 0 Å². The van der Waals surface area contributed by atoms with Gasteiger partial charge in [0.05, 0.1) is 11.3 Å². The molecule has 0 N–H and O–H groups in total. The van der Waals surface area contributed by atoms with E-state index in [0.29, 0.717) is 22.4 Å². The van der Waals surface area contributed by atoms with E-state index in [1.54, 1.807) is 30.5 Å². The molecule has 0 saturated heterocycles. The Morgan fingerprint density at radius 3 is 2.56 bits per heavy atom. The second-order valence-corrected chi connectivity index (χ2v) is 7.19. The van der Waals surface area contributed by atoms with Crippen LogP contribution in [-0.2, 0) is 4.74 Å². The summed E-state index contributed by atoms with van der Waals surface area (Å²) in [4.78, 5) is 17.4. The normalized spacial score (nSPS) is 14.3. The van der Waals surface area contributed by atoms with Gasteiger partial charge >= 0.3 is 5.97 Å². The van der Waals surface area contributed by atoms with E-state index in [0.717, 1.165) is 24.8 Å². The molecule has 0 aliphatic heterocycles. The van der Waals surface area contributed by atoms with Crippen LogP contribution in [0.25, 0.3) is 16.7 Å². The first-order valence-electron chi connectivity index (χ1n) is 8.53. The molecule has 0 saturated carbocycles. The Balaban J connectivity index is 2.20. The molecule has 4 heteroatoms. The fourth-order valence-electron chi connectivity index (χ4n) is 3.03. The molecule has 3 nitrogen and oxygen atoms in total. The smallest absolute Gasteiger partial charge is 0.341 e. The van der Waals surface area contributed by atoms with E-state index in [-0.39, 0.29) is 5.82 Å². The van der Waals surface area contributed by atoms with E-state index in [2.05, 4.69) is 11.1 Å². The van der Waals surface area contributed by atoms with Crippen LogP contribution in [0.1, 0.15) is 56.1 Å². The molecule has 0 fully saturated rings. The lowest BCUT2D eigenvalue weighted by molar-refractivity contribution is 0.00696. The molecule has 1 aliphatic rings. The van der Waals surface area contributed by atoms with Gasteiger partial charge in [-0.15, -0.1) is 0 Å². The molecule has 0 radical (unpaired) electrons. The number of rotatable bonds is 3. The number of aromatic nitrogens is 1. The minimum atomic E-state index is -0.638. The SMILES string of the molecule is CC(C)(C)OC(=O)c1c(-c2ccccc2F)ccnc1C1=CCCC1. The molecule has 25 heavy (non-hydrogen) atoms. The number of ether oxygens (including phenoxy) is 1. The quantitative estimate of drug-likeness (QED) is 0.702. The first-order chi connectivity index (χ1) is 11.9. The van der Waals surface area contributed by atoms with Crippen molar-refractivity contribution in [1.82, 2.24) is 4.98 Å². The Morgan fingerprint density at radius 1 is 1.16 bits per heavy atom. The first-order valence-corrected chi connectivity index (χ1v) is 8.53. The van der Waals surface area contributed by atoms with Gasteiger partial charge in [-0.2, -0.15) is 0 Å². The summed E-state index contributed by atoms with van der Waals surface area (Å²) in [6, 6.07) is 8.13. The summed E-state index contributed by atoms with van der Waals surface area (Å²) >= 11 is 0. The van der Waals surface area contributed by atoms with E-state index in [9.17, 15) is 9.18 Å². The molecule has 0 bridgehead atoms. The number of pyridine rings is 1. The maximum atomic E-state index is 14.4. The molecule has 1 heterocycles. The number of allylic oxidation sites excluding steroid dienone is 2. The van der Waals surface area contributed by atoms with Gasteiger partial charge in [0.1, 0.15) is 11.4 Å². The molecule has 0 unspecified atom stereocenters. The molecule has 0 amide bonds. The largest absolute Gasteiger partial charge is 0.456 e. The fourth-order valence-corrected chi connectivity index (χ4v) is 3.03. The summed E-state index contributed by atoms with van der Waals surface area (Å²) in [7, 11) is 0. The van der Waals surface area contributed by atoms with Crippen molar-refractivity contribution in [2.24, 2.45) is 0 Å². The average Bonchev–Trinajstić information content (AvgIpc) is 3.07. The summed E-state index contributed by atoms with van der Waals surface area (Å²) < 4.78 is 20.0. The highest BCUT2D eigenvalue weighted by Crippen LogP contribution is 2.35. The van der Waals surface area contributed by atoms with Crippen molar-refractivity contribution in [3.05, 3.63) is 59.7 Å². The minimum Gasteiger partial charge on any atom is -0.456 e. The van der Waals surface area contributed by atoms with Crippen LogP contribution >= 0.6 is 0 Å². The number of halogens is 1. The molecule has 2 aromatic rings. The van der Waals surface area contributed by atoms with Gasteiger partial charge in [-0.05, 0) is 57.7 Å².